The van der Waals surface area contributed by atoms with E-state index in [1.807, 2.05) is 31.2 Å². The Bertz CT molecular complexity index is 941. The van der Waals surface area contributed by atoms with Crippen molar-refractivity contribution in [2.45, 2.75) is 6.92 Å². The molecule has 6 nitrogen and oxygen atoms in total. The predicted octanol–water partition coefficient (Wildman–Crippen LogP) is 4.15. The van der Waals surface area contributed by atoms with Crippen molar-refractivity contribution in [3.63, 3.8) is 0 Å². The van der Waals surface area contributed by atoms with Gasteiger partial charge in [0.15, 0.2) is 17.2 Å². The highest BCUT2D eigenvalue weighted by molar-refractivity contribution is 6.05. The molecule has 0 radical (unpaired) electrons. The Balaban J connectivity index is 1.77. The van der Waals surface area contributed by atoms with Crippen molar-refractivity contribution in [2.75, 3.05) is 12.4 Å². The number of aromatic hydroxyl groups is 1. The monoisotopic (exact) mass is 350 g/mol. The lowest BCUT2D eigenvalue weighted by molar-refractivity contribution is 0.101. The van der Waals surface area contributed by atoms with E-state index in [-0.39, 0.29) is 17.2 Å². The first kappa shape index (κ1) is 17.3. The number of methoxy groups -OCH3 is 1. The van der Waals surface area contributed by atoms with Crippen LogP contribution in [0.1, 0.15) is 16.1 Å². The number of pyridine rings is 1. The third kappa shape index (κ3) is 3.92. The van der Waals surface area contributed by atoms with Gasteiger partial charge in [-0.25, -0.2) is 4.98 Å². The highest BCUT2D eigenvalue weighted by Crippen LogP contribution is 2.29. The number of rotatable bonds is 5. The van der Waals surface area contributed by atoms with Gasteiger partial charge in [-0.05, 0) is 36.8 Å². The lowest BCUT2D eigenvalue weighted by Crippen LogP contribution is -2.14. The van der Waals surface area contributed by atoms with Crippen molar-refractivity contribution in [1.29, 1.82) is 0 Å². The van der Waals surface area contributed by atoms with Gasteiger partial charge in [0.1, 0.15) is 11.5 Å². The molecule has 2 N–H and O–H groups in total. The van der Waals surface area contributed by atoms with Crippen LogP contribution < -0.4 is 14.8 Å². The van der Waals surface area contributed by atoms with E-state index in [2.05, 4.69) is 10.3 Å². The minimum absolute atomic E-state index is 0.116. The van der Waals surface area contributed by atoms with Gasteiger partial charge in [-0.15, -0.1) is 0 Å². The summed E-state index contributed by atoms with van der Waals surface area (Å²) in [5.41, 5.74) is 1.49. The minimum atomic E-state index is -0.547. The Hall–Kier alpha value is -3.54. The van der Waals surface area contributed by atoms with Gasteiger partial charge in [-0.1, -0.05) is 18.2 Å². The summed E-state index contributed by atoms with van der Waals surface area (Å²) in [6.07, 6.45) is 1.39. The molecular formula is C20H18N2O4. The Morgan fingerprint density at radius 1 is 1.08 bits per heavy atom. The Labute approximate surface area is 151 Å². The summed E-state index contributed by atoms with van der Waals surface area (Å²) in [5, 5.41) is 12.7. The molecule has 1 amide bonds. The van der Waals surface area contributed by atoms with Crippen LogP contribution in [0.5, 0.6) is 23.0 Å². The van der Waals surface area contributed by atoms with Gasteiger partial charge in [0.2, 0.25) is 0 Å². The molecule has 0 bridgehead atoms. The zero-order chi connectivity index (χ0) is 18.5. The highest BCUT2D eigenvalue weighted by atomic mass is 16.5. The maximum Gasteiger partial charge on any atom is 0.278 e. The van der Waals surface area contributed by atoms with Crippen LogP contribution in [0, 0.1) is 6.92 Å². The number of nitrogens with one attached hydrogen (secondary N) is 1. The Kier molecular flexibility index (Phi) is 5.03. The Morgan fingerprint density at radius 2 is 1.81 bits per heavy atom. The van der Waals surface area contributed by atoms with Crippen LogP contribution in [-0.4, -0.2) is 23.1 Å². The third-order valence-electron chi connectivity index (χ3n) is 3.64. The molecule has 0 aliphatic carbocycles. The van der Waals surface area contributed by atoms with Crippen LogP contribution in [0.3, 0.4) is 0 Å². The molecule has 0 aliphatic rings. The van der Waals surface area contributed by atoms with Crippen LogP contribution >= 0.6 is 0 Å². The molecule has 132 valence electrons. The summed E-state index contributed by atoms with van der Waals surface area (Å²) < 4.78 is 10.8. The van der Waals surface area contributed by atoms with Crippen molar-refractivity contribution in [3.05, 3.63) is 72.1 Å². The Morgan fingerprint density at radius 3 is 2.54 bits per heavy atom. The largest absolute Gasteiger partial charge is 0.503 e. The summed E-state index contributed by atoms with van der Waals surface area (Å²) in [6, 6.07) is 16.1. The topological polar surface area (TPSA) is 80.7 Å². The number of carbonyl (C=O) groups is 1. The van der Waals surface area contributed by atoms with E-state index in [9.17, 15) is 9.90 Å². The number of amides is 1. The molecule has 6 heteroatoms. The first-order valence-electron chi connectivity index (χ1n) is 7.94. The minimum Gasteiger partial charge on any atom is -0.503 e. The molecule has 0 unspecified atom stereocenters. The number of aryl methyl sites for hydroxylation is 1. The fourth-order valence-corrected chi connectivity index (χ4v) is 2.41. The number of benzene rings is 2. The van der Waals surface area contributed by atoms with Gasteiger partial charge in [-0.3, -0.25) is 4.79 Å². The number of anilines is 1. The maximum atomic E-state index is 12.4. The number of aromatic nitrogens is 1. The number of nitrogens with zero attached hydrogens (tertiary/aromatic N) is 1. The van der Waals surface area contributed by atoms with E-state index in [1.165, 1.54) is 19.4 Å². The second-order valence-corrected chi connectivity index (χ2v) is 5.61. The van der Waals surface area contributed by atoms with Gasteiger partial charge >= 0.3 is 0 Å². The van der Waals surface area contributed by atoms with E-state index in [4.69, 9.17) is 9.47 Å². The predicted molar refractivity (Wildman–Crippen MR) is 98.1 cm³/mol. The fraction of sp³-hybridized carbons (Fsp3) is 0.100. The zero-order valence-electron chi connectivity index (χ0n) is 14.4. The van der Waals surface area contributed by atoms with Gasteiger partial charge in [0, 0.05) is 24.0 Å². The molecule has 3 aromatic rings. The number of hydrogen-bond acceptors (Lipinski definition) is 5. The molecule has 2 aromatic carbocycles. The first-order chi connectivity index (χ1) is 12.6. The molecule has 0 fully saturated rings. The standard InChI is InChI=1S/C20H18N2O4/c1-13-5-3-7-15(11-13)26-16-8-4-6-14(12-16)22-20(24)18-19(23)17(25-2)9-10-21-18/h3-12,23H,1-2H3,(H,22,24). The number of ether oxygens (including phenoxy) is 2. The molecule has 26 heavy (non-hydrogen) atoms. The van der Waals surface area contributed by atoms with E-state index >= 15 is 0 Å². The summed E-state index contributed by atoms with van der Waals surface area (Å²) in [5.74, 6) is 0.618. The molecule has 3 rings (SSSR count). The quantitative estimate of drug-likeness (QED) is 0.722. The van der Waals surface area contributed by atoms with E-state index < -0.39 is 5.91 Å². The van der Waals surface area contributed by atoms with Crippen LogP contribution in [0.15, 0.2) is 60.8 Å². The van der Waals surface area contributed by atoms with Crippen LogP contribution in [0.4, 0.5) is 5.69 Å². The van der Waals surface area contributed by atoms with E-state index in [0.29, 0.717) is 17.2 Å². The molecule has 0 saturated heterocycles. The average Bonchev–Trinajstić information content (AvgIpc) is 2.62. The zero-order valence-corrected chi connectivity index (χ0v) is 14.4. The van der Waals surface area contributed by atoms with Crippen molar-refractivity contribution < 1.29 is 19.4 Å². The van der Waals surface area contributed by atoms with Gasteiger partial charge in [-0.2, -0.15) is 0 Å². The van der Waals surface area contributed by atoms with Gasteiger partial charge in [0.05, 0.1) is 7.11 Å². The second kappa shape index (κ2) is 7.57. The van der Waals surface area contributed by atoms with Gasteiger partial charge < -0.3 is 19.9 Å². The molecule has 0 atom stereocenters. The second-order valence-electron chi connectivity index (χ2n) is 5.61. The average molecular weight is 350 g/mol. The lowest BCUT2D eigenvalue weighted by atomic mass is 10.2. The summed E-state index contributed by atoms with van der Waals surface area (Å²) in [6.45, 7) is 1.98. The maximum absolute atomic E-state index is 12.4. The van der Waals surface area contributed by atoms with Gasteiger partial charge in [0.25, 0.3) is 5.91 Å². The van der Waals surface area contributed by atoms with Crippen molar-refractivity contribution in [1.82, 2.24) is 4.98 Å². The van der Waals surface area contributed by atoms with Crippen LogP contribution in [-0.2, 0) is 0 Å². The molecule has 0 saturated carbocycles. The van der Waals surface area contributed by atoms with Crippen LogP contribution in [0.2, 0.25) is 0 Å². The third-order valence-corrected chi connectivity index (χ3v) is 3.64. The normalized spacial score (nSPS) is 10.2. The fourth-order valence-electron chi connectivity index (χ4n) is 2.41. The molecule has 1 heterocycles. The smallest absolute Gasteiger partial charge is 0.278 e. The summed E-state index contributed by atoms with van der Waals surface area (Å²) in [7, 11) is 1.41. The van der Waals surface area contributed by atoms with E-state index in [1.54, 1.807) is 24.3 Å². The number of carbonyl (C=O) groups excluding carboxylic acids is 1. The first-order valence-corrected chi connectivity index (χ1v) is 7.94. The number of hydrogen-bond donors (Lipinski definition) is 2. The van der Waals surface area contributed by atoms with Crippen LogP contribution in [0.25, 0.3) is 0 Å². The van der Waals surface area contributed by atoms with Crippen molar-refractivity contribution in [3.8, 4) is 23.0 Å². The summed E-state index contributed by atoms with van der Waals surface area (Å²) in [4.78, 5) is 16.3. The summed E-state index contributed by atoms with van der Waals surface area (Å²) >= 11 is 0. The van der Waals surface area contributed by atoms with E-state index in [0.717, 1.165) is 5.56 Å². The molecule has 1 aromatic heterocycles. The lowest BCUT2D eigenvalue weighted by Gasteiger charge is -2.10. The van der Waals surface area contributed by atoms with Crippen molar-refractivity contribution >= 4 is 11.6 Å². The highest BCUT2D eigenvalue weighted by Gasteiger charge is 2.17. The molecule has 0 aliphatic heterocycles. The molecule has 0 spiro atoms. The van der Waals surface area contributed by atoms with Crippen molar-refractivity contribution in [2.24, 2.45) is 0 Å². The molecular weight excluding hydrogens is 332 g/mol. The SMILES string of the molecule is COc1ccnc(C(=O)Nc2cccc(Oc3cccc(C)c3)c2)c1O.